The van der Waals surface area contributed by atoms with E-state index in [1.54, 1.807) is 94.1 Å². The highest BCUT2D eigenvalue weighted by molar-refractivity contribution is 8.01. The van der Waals surface area contributed by atoms with Gasteiger partial charge in [-0.05, 0) is 318 Å². The highest BCUT2D eigenvalue weighted by atomic mass is 32.2. The van der Waals surface area contributed by atoms with Crippen molar-refractivity contribution < 1.29 is 0 Å². The first-order valence-corrected chi connectivity index (χ1v) is 49.8. The van der Waals surface area contributed by atoms with Crippen LogP contribution in [0.2, 0.25) is 0 Å². The molecule has 622 valence electrons. The second kappa shape index (κ2) is 42.9. The number of rotatable bonds is 30. The Morgan fingerprint density at radius 1 is 0.108 bits per heavy atom. The zero-order valence-corrected chi connectivity index (χ0v) is 77.5. The van der Waals surface area contributed by atoms with Gasteiger partial charge in [-0.3, -0.25) is 0 Å². The summed E-state index contributed by atoms with van der Waals surface area (Å²) in [5.41, 5.74) is 22.2. The van der Waals surface area contributed by atoms with Crippen LogP contribution >= 0.6 is 94.1 Å². The Labute approximate surface area is 798 Å². The van der Waals surface area contributed by atoms with Crippen LogP contribution in [-0.2, 0) is 0 Å². The van der Waals surface area contributed by atoms with Gasteiger partial charge < -0.3 is 0 Å². The van der Waals surface area contributed by atoms with E-state index in [0.29, 0.717) is 0 Å². The first-order valence-electron chi connectivity index (χ1n) is 43.2. The van der Waals surface area contributed by atoms with E-state index in [1.165, 1.54) is 58.7 Å². The molecule has 0 aliphatic rings. The lowest BCUT2D eigenvalue weighted by Crippen LogP contribution is -2.00. The predicted octanol–water partition coefficient (Wildman–Crippen LogP) is 36.1. The molecule has 8 heteroatoms. The molecular formula is C122H86S8. The van der Waals surface area contributed by atoms with Crippen LogP contribution < -0.4 is 0 Å². The summed E-state index contributed by atoms with van der Waals surface area (Å²) in [7, 11) is 0. The topological polar surface area (TPSA) is 0 Å². The summed E-state index contributed by atoms with van der Waals surface area (Å²) >= 11 is 14.2. The predicted molar refractivity (Wildman–Crippen MR) is 559 cm³/mol. The summed E-state index contributed by atoms with van der Waals surface area (Å²) < 4.78 is 0. The van der Waals surface area contributed by atoms with Gasteiger partial charge in [0.25, 0.3) is 0 Å². The van der Waals surface area contributed by atoms with E-state index in [4.69, 9.17) is 0 Å². The Kier molecular flexibility index (Phi) is 28.5. The first-order chi connectivity index (χ1) is 64.3. The molecule has 0 amide bonds. The average Bonchev–Trinajstić information content (AvgIpc) is 0.764. The summed E-state index contributed by atoms with van der Waals surface area (Å²) in [4.78, 5) is 19.0. The summed E-state index contributed by atoms with van der Waals surface area (Å²) in [6, 6.07) is 187. The number of hydrogen-bond acceptors (Lipinski definition) is 8. The number of benzene rings is 19. The minimum Gasteiger partial charge on any atom is -0.0901 e. The fourth-order valence-corrected chi connectivity index (χ4v) is 22.4. The maximum absolute atomic E-state index is 2.38. The SMILES string of the molecule is C(=C(/c1ccc(Sc2ccccc2)cc1)c1ccc(/C(=C(\c2ccc(Sc3ccccc3)cc2)c2ccc(/C(=C(\c3ccc(Sc4ccccc4)cc3)c3ccc(/C(=C/c4ccc(Sc5ccccc5)cc4)c4ccc(Sc5ccccc5)cc4)cc3)c3ccc(Sc4ccccc4)cc3)cc2)c2ccc(Sc3ccccc3)cc2)cc1)/c1ccc(Sc2ccccc2)cc1. The van der Waals surface area contributed by atoms with E-state index in [-0.39, 0.29) is 0 Å². The van der Waals surface area contributed by atoms with Crippen LogP contribution in [0.4, 0.5) is 0 Å². The van der Waals surface area contributed by atoms with Gasteiger partial charge in [-0.1, -0.05) is 410 Å². The molecule has 0 aromatic heterocycles. The van der Waals surface area contributed by atoms with Crippen LogP contribution in [0.25, 0.3) is 45.6 Å². The Hall–Kier alpha value is -13.1. The maximum Gasteiger partial charge on any atom is 0.0122 e. The molecule has 0 radical (unpaired) electrons. The summed E-state index contributed by atoms with van der Waals surface area (Å²) in [6.45, 7) is 0. The first kappa shape index (κ1) is 86.3. The van der Waals surface area contributed by atoms with Crippen LogP contribution in [0.1, 0.15) is 77.9 Å². The smallest absolute Gasteiger partial charge is 0.0122 e. The lowest BCUT2D eigenvalue weighted by Gasteiger charge is -2.21. The van der Waals surface area contributed by atoms with E-state index < -0.39 is 0 Å². The largest absolute Gasteiger partial charge is 0.0901 e. The van der Waals surface area contributed by atoms with E-state index in [2.05, 4.69) is 522 Å². The van der Waals surface area contributed by atoms with Crippen molar-refractivity contribution in [3.8, 4) is 0 Å². The Bertz CT molecular complexity index is 6620. The molecule has 0 spiro atoms. The molecule has 0 atom stereocenters. The van der Waals surface area contributed by atoms with E-state index in [0.717, 1.165) is 131 Å². The van der Waals surface area contributed by atoms with Gasteiger partial charge in [0.1, 0.15) is 0 Å². The summed E-state index contributed by atoms with van der Waals surface area (Å²) in [5, 5.41) is 0. The zero-order valence-electron chi connectivity index (χ0n) is 70.9. The lowest BCUT2D eigenvalue weighted by atomic mass is 9.83. The molecule has 19 aromatic carbocycles. The molecule has 0 aliphatic heterocycles. The van der Waals surface area contributed by atoms with Gasteiger partial charge in [0.05, 0.1) is 0 Å². The van der Waals surface area contributed by atoms with Crippen molar-refractivity contribution in [3.63, 3.8) is 0 Å². The Morgan fingerprint density at radius 2 is 0.215 bits per heavy atom. The second-order valence-corrected chi connectivity index (χ2v) is 40.1. The fraction of sp³-hybridized carbons (Fsp3) is 0. The minimum absolute atomic E-state index is 1.08. The van der Waals surface area contributed by atoms with Crippen LogP contribution in [-0.4, -0.2) is 0 Å². The van der Waals surface area contributed by atoms with E-state index >= 15 is 0 Å². The third-order valence-electron chi connectivity index (χ3n) is 22.0. The zero-order chi connectivity index (χ0) is 87.3. The highest BCUT2D eigenvalue weighted by Crippen LogP contribution is 2.46. The molecule has 19 aromatic rings. The van der Waals surface area contributed by atoms with Crippen LogP contribution in [0, 0.1) is 0 Å². The van der Waals surface area contributed by atoms with Crippen LogP contribution in [0.3, 0.4) is 0 Å². The van der Waals surface area contributed by atoms with E-state index in [9.17, 15) is 0 Å². The standard InChI is InChI=1S/C122H86S8/c1-9-25-101(26-10-1)123-109-69-41-87(42-70-109)85-117(91-57-73-111(74-58-91)125-103-29-13-3-14-30-103)89-45-49-93(50-46-89)119(97-61-77-113(78-62-97)127-105-33-17-5-18-34-105)121(99-65-81-115(82-66-99)129-107-37-21-7-22-38-107)95-53-55-96(56-54-95)122(100-67-83-116(84-68-100)130-108-39-23-8-24-40-108)120(98-63-79-114(80-64-98)128-106-35-19-6-20-36-106)94-51-47-90(48-52-94)118(92-59-75-112(76-60-92)126-104-31-15-4-16-32-104)86-88-43-71-110(72-44-88)124-102-27-11-2-12-28-102/h1-86H/b117-85-,118-86-,121-119+,122-120+. The van der Waals surface area contributed by atoms with Gasteiger partial charge in [-0.15, -0.1) is 0 Å². The van der Waals surface area contributed by atoms with Crippen molar-refractivity contribution in [3.05, 3.63) is 587 Å². The van der Waals surface area contributed by atoms with Crippen LogP contribution in [0.5, 0.6) is 0 Å². The third-order valence-corrected chi connectivity index (χ3v) is 30.2. The van der Waals surface area contributed by atoms with Crippen molar-refractivity contribution in [2.45, 2.75) is 78.3 Å². The quantitative estimate of drug-likeness (QED) is 0.0403. The maximum atomic E-state index is 2.38. The van der Waals surface area contributed by atoms with Gasteiger partial charge in [-0.25, -0.2) is 0 Å². The van der Waals surface area contributed by atoms with Gasteiger partial charge in [0.15, 0.2) is 0 Å². The molecule has 0 N–H and O–H groups in total. The molecule has 0 unspecified atom stereocenters. The van der Waals surface area contributed by atoms with Crippen molar-refractivity contribution in [2.75, 3.05) is 0 Å². The summed E-state index contributed by atoms with van der Waals surface area (Å²) in [6.07, 6.45) is 4.70. The van der Waals surface area contributed by atoms with Gasteiger partial charge in [0.2, 0.25) is 0 Å². The molecule has 0 heterocycles. The van der Waals surface area contributed by atoms with Crippen molar-refractivity contribution >= 4 is 140 Å². The lowest BCUT2D eigenvalue weighted by molar-refractivity contribution is 1.37. The van der Waals surface area contributed by atoms with Gasteiger partial charge in [0, 0.05) is 78.3 Å². The molecule has 0 fully saturated rings. The van der Waals surface area contributed by atoms with Crippen LogP contribution in [0.15, 0.2) is 588 Å². The monoisotopic (exact) mass is 1810 g/mol. The van der Waals surface area contributed by atoms with Crippen molar-refractivity contribution in [1.29, 1.82) is 0 Å². The molecule has 19 rings (SSSR count). The van der Waals surface area contributed by atoms with Crippen molar-refractivity contribution in [1.82, 2.24) is 0 Å². The van der Waals surface area contributed by atoms with Crippen molar-refractivity contribution in [2.24, 2.45) is 0 Å². The molecular weight excluding hydrogens is 1720 g/mol. The fourth-order valence-electron chi connectivity index (χ4n) is 15.7. The molecule has 0 aliphatic carbocycles. The van der Waals surface area contributed by atoms with Gasteiger partial charge >= 0.3 is 0 Å². The molecule has 0 saturated carbocycles. The molecule has 0 bridgehead atoms. The molecule has 130 heavy (non-hydrogen) atoms. The van der Waals surface area contributed by atoms with E-state index in [1.807, 2.05) is 0 Å². The Morgan fingerprint density at radius 3 is 0.362 bits per heavy atom. The second-order valence-electron chi connectivity index (χ2n) is 31.0. The highest BCUT2D eigenvalue weighted by Gasteiger charge is 2.23. The normalized spacial score (nSPS) is 12.0. The minimum atomic E-state index is 1.08. The number of hydrogen-bond donors (Lipinski definition) is 0. The molecule has 0 saturated heterocycles. The average molecular weight is 1810 g/mol. The Balaban J connectivity index is 0.778. The summed E-state index contributed by atoms with van der Waals surface area (Å²) in [5.74, 6) is 0. The third kappa shape index (κ3) is 22.6. The molecule has 0 nitrogen and oxygen atoms in total. The van der Waals surface area contributed by atoms with Gasteiger partial charge in [-0.2, -0.15) is 0 Å².